The molecule has 0 aliphatic heterocycles. The second-order valence-electron chi connectivity index (χ2n) is 4.91. The number of rotatable bonds is 6. The molecule has 0 saturated heterocycles. The van der Waals surface area contributed by atoms with Crippen molar-refractivity contribution in [2.75, 3.05) is 13.7 Å². The molecule has 0 spiro atoms. The predicted molar refractivity (Wildman–Crippen MR) is 73.4 cm³/mol. The van der Waals surface area contributed by atoms with Crippen LogP contribution in [0.1, 0.15) is 39.3 Å². The van der Waals surface area contributed by atoms with E-state index in [4.69, 9.17) is 4.74 Å². The van der Waals surface area contributed by atoms with Crippen LogP contribution in [0.2, 0.25) is 0 Å². The number of hydrogen-bond acceptors (Lipinski definition) is 2. The fraction of sp³-hybridized carbons (Fsp3) is 0.600. The van der Waals surface area contributed by atoms with Crippen molar-refractivity contribution in [3.8, 4) is 5.75 Å². The molecule has 0 heterocycles. The van der Waals surface area contributed by atoms with Gasteiger partial charge >= 0.3 is 0 Å². The van der Waals surface area contributed by atoms with Gasteiger partial charge in [-0.2, -0.15) is 0 Å². The summed E-state index contributed by atoms with van der Waals surface area (Å²) in [6.45, 7) is 10.0. The molecule has 96 valence electrons. The van der Waals surface area contributed by atoms with Crippen LogP contribution in [0.5, 0.6) is 5.75 Å². The molecule has 0 amide bonds. The minimum absolute atomic E-state index is 0.422. The summed E-state index contributed by atoms with van der Waals surface area (Å²) in [7, 11) is 1.70. The number of hydrogen-bond donors (Lipinski definition) is 1. The van der Waals surface area contributed by atoms with Gasteiger partial charge in [-0.05, 0) is 36.1 Å². The SMILES string of the molecule is CCNC(c1ccc(OC)cc1)C(C)C(C)C. The van der Waals surface area contributed by atoms with Crippen LogP contribution < -0.4 is 10.1 Å². The minimum atomic E-state index is 0.422. The molecule has 0 bridgehead atoms. The van der Waals surface area contributed by atoms with E-state index in [-0.39, 0.29) is 0 Å². The second-order valence-corrected chi connectivity index (χ2v) is 4.91. The molecule has 0 saturated carbocycles. The molecule has 17 heavy (non-hydrogen) atoms. The van der Waals surface area contributed by atoms with Gasteiger partial charge in [-0.3, -0.25) is 0 Å². The first-order valence-electron chi connectivity index (χ1n) is 6.47. The number of ether oxygens (including phenoxy) is 1. The highest BCUT2D eigenvalue weighted by Gasteiger charge is 2.20. The van der Waals surface area contributed by atoms with Gasteiger partial charge in [0, 0.05) is 6.04 Å². The summed E-state index contributed by atoms with van der Waals surface area (Å²) in [5.41, 5.74) is 1.34. The van der Waals surface area contributed by atoms with Crippen molar-refractivity contribution >= 4 is 0 Å². The van der Waals surface area contributed by atoms with Crippen molar-refractivity contribution in [1.29, 1.82) is 0 Å². The van der Waals surface area contributed by atoms with E-state index in [1.807, 2.05) is 12.1 Å². The van der Waals surface area contributed by atoms with Crippen LogP contribution in [-0.4, -0.2) is 13.7 Å². The fourth-order valence-corrected chi connectivity index (χ4v) is 2.02. The van der Waals surface area contributed by atoms with Crippen molar-refractivity contribution in [1.82, 2.24) is 5.32 Å². The van der Waals surface area contributed by atoms with Crippen molar-refractivity contribution in [3.63, 3.8) is 0 Å². The smallest absolute Gasteiger partial charge is 0.118 e. The van der Waals surface area contributed by atoms with Gasteiger partial charge in [0.2, 0.25) is 0 Å². The Balaban J connectivity index is 2.88. The van der Waals surface area contributed by atoms with Gasteiger partial charge in [-0.1, -0.05) is 39.8 Å². The van der Waals surface area contributed by atoms with E-state index in [1.54, 1.807) is 7.11 Å². The lowest BCUT2D eigenvalue weighted by Crippen LogP contribution is -2.29. The van der Waals surface area contributed by atoms with Crippen molar-refractivity contribution < 1.29 is 4.74 Å². The van der Waals surface area contributed by atoms with Gasteiger partial charge in [-0.15, -0.1) is 0 Å². The molecule has 1 aromatic rings. The minimum Gasteiger partial charge on any atom is -0.497 e. The normalized spacial score (nSPS) is 14.7. The summed E-state index contributed by atoms with van der Waals surface area (Å²) in [5, 5.41) is 3.58. The Labute approximate surface area is 105 Å². The molecule has 0 aliphatic rings. The molecule has 0 aromatic heterocycles. The first-order chi connectivity index (χ1) is 8.10. The average Bonchev–Trinajstić information content (AvgIpc) is 2.35. The Kier molecular flexibility index (Phi) is 5.49. The third-order valence-electron chi connectivity index (χ3n) is 3.48. The molecule has 0 aliphatic carbocycles. The molecule has 1 rings (SSSR count). The topological polar surface area (TPSA) is 21.3 Å². The fourth-order valence-electron chi connectivity index (χ4n) is 2.02. The highest BCUT2D eigenvalue weighted by molar-refractivity contribution is 5.29. The van der Waals surface area contributed by atoms with Crippen LogP contribution in [0.3, 0.4) is 0 Å². The molecule has 1 N–H and O–H groups in total. The standard InChI is InChI=1S/C15H25NO/c1-6-16-15(12(4)11(2)3)13-7-9-14(17-5)10-8-13/h7-12,15-16H,6H2,1-5H3. The van der Waals surface area contributed by atoms with Gasteiger partial charge in [0.15, 0.2) is 0 Å². The lowest BCUT2D eigenvalue weighted by atomic mass is 9.86. The maximum Gasteiger partial charge on any atom is 0.118 e. The van der Waals surface area contributed by atoms with Gasteiger partial charge in [0.1, 0.15) is 5.75 Å². The van der Waals surface area contributed by atoms with Gasteiger partial charge in [0.25, 0.3) is 0 Å². The summed E-state index contributed by atoms with van der Waals surface area (Å²) >= 11 is 0. The second kappa shape index (κ2) is 6.65. The Bertz CT molecular complexity index is 318. The molecule has 2 nitrogen and oxygen atoms in total. The number of nitrogens with one attached hydrogen (secondary N) is 1. The van der Waals surface area contributed by atoms with E-state index < -0.39 is 0 Å². The van der Waals surface area contributed by atoms with Crippen LogP contribution in [0, 0.1) is 11.8 Å². The lowest BCUT2D eigenvalue weighted by Gasteiger charge is -2.28. The largest absolute Gasteiger partial charge is 0.497 e. The molecule has 2 heteroatoms. The van der Waals surface area contributed by atoms with Gasteiger partial charge in [0.05, 0.1) is 7.11 Å². The number of benzene rings is 1. The number of methoxy groups -OCH3 is 1. The van der Waals surface area contributed by atoms with Gasteiger partial charge in [-0.25, -0.2) is 0 Å². The third kappa shape index (κ3) is 3.74. The lowest BCUT2D eigenvalue weighted by molar-refractivity contribution is 0.307. The monoisotopic (exact) mass is 235 g/mol. The Hall–Kier alpha value is -1.02. The predicted octanol–water partition coefficient (Wildman–Crippen LogP) is 3.64. The van der Waals surface area contributed by atoms with Crippen molar-refractivity contribution in [3.05, 3.63) is 29.8 Å². The summed E-state index contributed by atoms with van der Waals surface area (Å²) in [6, 6.07) is 8.81. The van der Waals surface area contributed by atoms with E-state index in [9.17, 15) is 0 Å². The molecule has 0 radical (unpaired) electrons. The Morgan fingerprint density at radius 3 is 2.12 bits per heavy atom. The summed E-state index contributed by atoms with van der Waals surface area (Å²) in [6.07, 6.45) is 0. The van der Waals surface area contributed by atoms with E-state index in [2.05, 4.69) is 45.1 Å². The first-order valence-corrected chi connectivity index (χ1v) is 6.47. The average molecular weight is 235 g/mol. The molecular weight excluding hydrogens is 210 g/mol. The molecule has 2 atom stereocenters. The quantitative estimate of drug-likeness (QED) is 0.813. The maximum absolute atomic E-state index is 5.20. The summed E-state index contributed by atoms with van der Waals surface area (Å²) in [4.78, 5) is 0. The van der Waals surface area contributed by atoms with E-state index >= 15 is 0 Å². The Morgan fingerprint density at radius 1 is 1.12 bits per heavy atom. The highest BCUT2D eigenvalue weighted by Crippen LogP contribution is 2.28. The van der Waals surface area contributed by atoms with Crippen LogP contribution in [0.4, 0.5) is 0 Å². The first kappa shape index (κ1) is 14.0. The van der Waals surface area contributed by atoms with E-state index in [0.29, 0.717) is 17.9 Å². The Morgan fingerprint density at radius 2 is 1.71 bits per heavy atom. The zero-order valence-corrected chi connectivity index (χ0v) is 11.7. The van der Waals surface area contributed by atoms with Gasteiger partial charge < -0.3 is 10.1 Å². The highest BCUT2D eigenvalue weighted by atomic mass is 16.5. The van der Waals surface area contributed by atoms with Crippen LogP contribution in [0.15, 0.2) is 24.3 Å². The maximum atomic E-state index is 5.20. The van der Waals surface area contributed by atoms with Crippen LogP contribution in [-0.2, 0) is 0 Å². The molecule has 0 fully saturated rings. The van der Waals surface area contributed by atoms with Crippen molar-refractivity contribution in [2.45, 2.75) is 33.7 Å². The van der Waals surface area contributed by atoms with Crippen molar-refractivity contribution in [2.24, 2.45) is 11.8 Å². The van der Waals surface area contributed by atoms with Crippen LogP contribution >= 0.6 is 0 Å². The molecule has 1 aromatic carbocycles. The molecular formula is C15H25NO. The zero-order chi connectivity index (χ0) is 12.8. The summed E-state index contributed by atoms with van der Waals surface area (Å²) < 4.78 is 5.20. The third-order valence-corrected chi connectivity index (χ3v) is 3.48. The van der Waals surface area contributed by atoms with E-state index in [1.165, 1.54) is 5.56 Å². The zero-order valence-electron chi connectivity index (χ0n) is 11.7. The van der Waals surface area contributed by atoms with E-state index in [0.717, 1.165) is 12.3 Å². The molecule has 2 unspecified atom stereocenters. The summed E-state index contributed by atoms with van der Waals surface area (Å²) in [5.74, 6) is 2.20. The van der Waals surface area contributed by atoms with Crippen LogP contribution in [0.25, 0.3) is 0 Å².